The van der Waals surface area contributed by atoms with Gasteiger partial charge in [-0.15, -0.1) is 0 Å². The molecule has 1 rings (SSSR count). The van der Waals surface area contributed by atoms with Crippen molar-refractivity contribution in [3.8, 4) is 0 Å². The third-order valence-electron chi connectivity index (χ3n) is 3.17. The molecule has 0 aromatic rings. The Labute approximate surface area is 124 Å². The van der Waals surface area contributed by atoms with E-state index in [1.807, 2.05) is 11.8 Å². The average molecular weight is 303 g/mol. The van der Waals surface area contributed by atoms with Gasteiger partial charge in [-0.3, -0.25) is 9.69 Å². The van der Waals surface area contributed by atoms with Crippen LogP contribution in [0.2, 0.25) is 0 Å². The highest BCUT2D eigenvalue weighted by molar-refractivity contribution is 7.99. The molecule has 2 amide bonds. The van der Waals surface area contributed by atoms with Gasteiger partial charge in [-0.05, 0) is 12.8 Å². The van der Waals surface area contributed by atoms with Crippen molar-refractivity contribution in [1.82, 2.24) is 15.5 Å². The fraction of sp³-hybridized carbons (Fsp3) is 0.846. The summed E-state index contributed by atoms with van der Waals surface area (Å²) >= 11 is 1.98. The predicted octanol–water partition coefficient (Wildman–Crippen LogP) is 0.979. The summed E-state index contributed by atoms with van der Waals surface area (Å²) in [6.45, 7) is 4.41. The van der Waals surface area contributed by atoms with Gasteiger partial charge in [0.1, 0.15) is 0 Å². The highest BCUT2D eigenvalue weighted by Gasteiger charge is 2.09. The Morgan fingerprint density at radius 1 is 1.05 bits per heavy atom. The minimum Gasteiger partial charge on any atom is -0.481 e. The SMILES string of the molecule is O=C(O)CCCCCNC(=O)NCCN1CCSCC1. The Balaban J connectivity index is 1.88. The molecule has 1 fully saturated rings. The molecule has 1 heterocycles. The van der Waals surface area contributed by atoms with Crippen LogP contribution in [0.4, 0.5) is 4.79 Å². The second-order valence-electron chi connectivity index (χ2n) is 4.84. The Kier molecular flexibility index (Phi) is 9.23. The topological polar surface area (TPSA) is 81.7 Å². The van der Waals surface area contributed by atoms with E-state index in [9.17, 15) is 9.59 Å². The van der Waals surface area contributed by atoms with Crippen molar-refractivity contribution in [3.63, 3.8) is 0 Å². The molecule has 1 aliphatic heterocycles. The van der Waals surface area contributed by atoms with E-state index >= 15 is 0 Å². The molecule has 1 saturated heterocycles. The highest BCUT2D eigenvalue weighted by Crippen LogP contribution is 2.07. The molecule has 7 heteroatoms. The number of carboxylic acid groups (broad SMARTS) is 1. The van der Waals surface area contributed by atoms with Gasteiger partial charge in [0, 0.05) is 50.7 Å². The molecule has 0 unspecified atom stereocenters. The van der Waals surface area contributed by atoms with Crippen molar-refractivity contribution in [2.75, 3.05) is 44.2 Å². The zero-order chi connectivity index (χ0) is 14.6. The van der Waals surface area contributed by atoms with E-state index < -0.39 is 5.97 Å². The fourth-order valence-electron chi connectivity index (χ4n) is 1.99. The molecule has 0 atom stereocenters. The average Bonchev–Trinajstić information content (AvgIpc) is 2.43. The van der Waals surface area contributed by atoms with Crippen molar-refractivity contribution in [1.29, 1.82) is 0 Å². The molecule has 0 bridgehead atoms. The molecule has 0 saturated carbocycles. The first-order valence-electron chi connectivity index (χ1n) is 7.22. The first kappa shape index (κ1) is 17.1. The summed E-state index contributed by atoms with van der Waals surface area (Å²) in [5.41, 5.74) is 0. The Bertz CT molecular complexity index is 297. The first-order valence-corrected chi connectivity index (χ1v) is 8.37. The van der Waals surface area contributed by atoms with Crippen molar-refractivity contribution in [3.05, 3.63) is 0 Å². The summed E-state index contributed by atoms with van der Waals surface area (Å²) in [7, 11) is 0. The van der Waals surface area contributed by atoms with Gasteiger partial charge in [-0.1, -0.05) is 6.42 Å². The number of urea groups is 1. The lowest BCUT2D eigenvalue weighted by Gasteiger charge is -2.25. The molecular weight excluding hydrogens is 278 g/mol. The normalized spacial score (nSPS) is 15.8. The van der Waals surface area contributed by atoms with Crippen LogP contribution in [0.5, 0.6) is 0 Å². The minimum atomic E-state index is -0.758. The maximum absolute atomic E-state index is 11.5. The van der Waals surface area contributed by atoms with Crippen LogP contribution in [-0.2, 0) is 4.79 Å². The zero-order valence-corrected chi connectivity index (χ0v) is 12.7. The van der Waals surface area contributed by atoms with E-state index in [1.54, 1.807) is 0 Å². The molecule has 116 valence electrons. The molecule has 1 aliphatic rings. The van der Waals surface area contributed by atoms with Gasteiger partial charge in [0.2, 0.25) is 0 Å². The molecule has 0 radical (unpaired) electrons. The van der Waals surface area contributed by atoms with Gasteiger partial charge in [-0.25, -0.2) is 4.79 Å². The van der Waals surface area contributed by atoms with Crippen LogP contribution < -0.4 is 10.6 Å². The second-order valence-corrected chi connectivity index (χ2v) is 6.07. The number of nitrogens with zero attached hydrogens (tertiary/aromatic N) is 1. The molecule has 6 nitrogen and oxygen atoms in total. The number of carbonyl (C=O) groups is 2. The van der Waals surface area contributed by atoms with Gasteiger partial charge >= 0.3 is 12.0 Å². The summed E-state index contributed by atoms with van der Waals surface area (Å²) in [5, 5.41) is 14.1. The van der Waals surface area contributed by atoms with E-state index in [2.05, 4.69) is 15.5 Å². The number of thioether (sulfide) groups is 1. The molecule has 3 N–H and O–H groups in total. The predicted molar refractivity (Wildman–Crippen MR) is 81.3 cm³/mol. The van der Waals surface area contributed by atoms with Crippen molar-refractivity contribution in [2.24, 2.45) is 0 Å². The summed E-state index contributed by atoms with van der Waals surface area (Å²) in [4.78, 5) is 24.2. The van der Waals surface area contributed by atoms with Crippen LogP contribution in [0, 0.1) is 0 Å². The van der Waals surface area contributed by atoms with Gasteiger partial charge < -0.3 is 15.7 Å². The van der Waals surface area contributed by atoms with Crippen LogP contribution in [0.25, 0.3) is 0 Å². The van der Waals surface area contributed by atoms with Crippen molar-refractivity contribution < 1.29 is 14.7 Å². The summed E-state index contributed by atoms with van der Waals surface area (Å²) in [6, 6.07) is -0.130. The van der Waals surface area contributed by atoms with Crippen LogP contribution in [-0.4, -0.2) is 66.2 Å². The van der Waals surface area contributed by atoms with Crippen molar-refractivity contribution in [2.45, 2.75) is 25.7 Å². The van der Waals surface area contributed by atoms with Crippen molar-refractivity contribution >= 4 is 23.8 Å². The summed E-state index contributed by atoms with van der Waals surface area (Å²) in [6.07, 6.45) is 2.54. The molecule has 0 aliphatic carbocycles. The third-order valence-corrected chi connectivity index (χ3v) is 4.11. The number of unbranched alkanes of at least 4 members (excludes halogenated alkanes) is 2. The van der Waals surface area contributed by atoms with E-state index in [0.717, 1.165) is 32.5 Å². The molecule has 0 aromatic carbocycles. The van der Waals surface area contributed by atoms with Crippen LogP contribution in [0.1, 0.15) is 25.7 Å². The lowest BCUT2D eigenvalue weighted by Crippen LogP contribution is -2.42. The Morgan fingerprint density at radius 2 is 1.75 bits per heavy atom. The summed E-state index contributed by atoms with van der Waals surface area (Å²) in [5.74, 6) is 1.61. The van der Waals surface area contributed by atoms with E-state index in [4.69, 9.17) is 5.11 Å². The quantitative estimate of drug-likeness (QED) is 0.553. The van der Waals surface area contributed by atoms with Crippen LogP contribution >= 0.6 is 11.8 Å². The number of hydrogen-bond donors (Lipinski definition) is 3. The number of carbonyl (C=O) groups excluding carboxylic acids is 1. The van der Waals surface area contributed by atoms with Crippen LogP contribution in [0.3, 0.4) is 0 Å². The Hall–Kier alpha value is -0.950. The third kappa shape index (κ3) is 9.03. The molecule has 0 aromatic heterocycles. The molecule has 0 spiro atoms. The van der Waals surface area contributed by atoms with Gasteiger partial charge in [0.15, 0.2) is 0 Å². The summed E-state index contributed by atoms with van der Waals surface area (Å²) < 4.78 is 0. The van der Waals surface area contributed by atoms with E-state index in [-0.39, 0.29) is 12.5 Å². The number of aliphatic carboxylic acids is 1. The smallest absolute Gasteiger partial charge is 0.314 e. The maximum Gasteiger partial charge on any atom is 0.314 e. The first-order chi connectivity index (χ1) is 9.68. The van der Waals surface area contributed by atoms with E-state index in [1.165, 1.54) is 11.5 Å². The number of nitrogens with one attached hydrogen (secondary N) is 2. The number of hydrogen-bond acceptors (Lipinski definition) is 4. The Morgan fingerprint density at radius 3 is 2.45 bits per heavy atom. The number of rotatable bonds is 9. The maximum atomic E-state index is 11.5. The standard InChI is InChI=1S/C13H25N3O3S/c17-12(18)4-2-1-3-5-14-13(19)15-6-7-16-8-10-20-11-9-16/h1-11H2,(H,17,18)(H2,14,15,19). The van der Waals surface area contributed by atoms with Gasteiger partial charge in [-0.2, -0.15) is 11.8 Å². The lowest BCUT2D eigenvalue weighted by atomic mass is 10.2. The number of carboxylic acids is 1. The van der Waals surface area contributed by atoms with Gasteiger partial charge in [0.05, 0.1) is 0 Å². The monoisotopic (exact) mass is 303 g/mol. The fourth-order valence-corrected chi connectivity index (χ4v) is 2.97. The lowest BCUT2D eigenvalue weighted by molar-refractivity contribution is -0.137. The van der Waals surface area contributed by atoms with E-state index in [0.29, 0.717) is 19.5 Å². The zero-order valence-electron chi connectivity index (χ0n) is 11.9. The molecular formula is C13H25N3O3S. The highest BCUT2D eigenvalue weighted by atomic mass is 32.2. The van der Waals surface area contributed by atoms with Crippen LogP contribution in [0.15, 0.2) is 0 Å². The number of amides is 2. The second kappa shape index (κ2) is 10.8. The largest absolute Gasteiger partial charge is 0.481 e. The van der Waals surface area contributed by atoms with Gasteiger partial charge in [0.25, 0.3) is 0 Å². The molecule has 20 heavy (non-hydrogen) atoms. The minimum absolute atomic E-state index is 0.130.